The van der Waals surface area contributed by atoms with Crippen LogP contribution in [-0.4, -0.2) is 26.5 Å². The number of rotatable bonds is 5. The second kappa shape index (κ2) is 5.63. The van der Waals surface area contributed by atoms with Gasteiger partial charge in [0.1, 0.15) is 5.78 Å². The molecule has 0 atom stereocenters. The highest BCUT2D eigenvalue weighted by molar-refractivity contribution is 8.00. The fourth-order valence-electron chi connectivity index (χ4n) is 1.41. The highest BCUT2D eigenvalue weighted by Gasteiger charge is 2.07. The fraction of sp³-hybridized carbons (Fsp3) is 0.250. The van der Waals surface area contributed by atoms with E-state index >= 15 is 0 Å². The Morgan fingerprint density at radius 1 is 1.35 bits per heavy atom. The van der Waals surface area contributed by atoms with Crippen LogP contribution < -0.4 is 0 Å². The average molecular weight is 247 g/mol. The maximum atomic E-state index is 11.7. The number of aromatic nitrogens is 3. The summed E-state index contributed by atoms with van der Waals surface area (Å²) in [4.78, 5) is 12.8. The van der Waals surface area contributed by atoms with Crippen molar-refractivity contribution in [1.29, 1.82) is 0 Å². The van der Waals surface area contributed by atoms with Crippen LogP contribution in [0.2, 0.25) is 0 Å². The number of hydrogen-bond acceptors (Lipinski definition) is 4. The van der Waals surface area contributed by atoms with Crippen LogP contribution in [0.15, 0.2) is 41.4 Å². The van der Waals surface area contributed by atoms with Crippen molar-refractivity contribution in [2.24, 2.45) is 7.05 Å². The number of Topliss-reactive ketones (excluding diaryl/α,β-unsaturated/α-hetero) is 1. The summed E-state index contributed by atoms with van der Waals surface area (Å²) in [6.45, 7) is 0. The van der Waals surface area contributed by atoms with Gasteiger partial charge in [0.2, 0.25) is 0 Å². The Kier molecular flexibility index (Phi) is 3.93. The lowest BCUT2D eigenvalue weighted by molar-refractivity contribution is -0.116. The smallest absolute Gasteiger partial charge is 0.149 e. The first-order valence-electron chi connectivity index (χ1n) is 5.29. The zero-order valence-corrected chi connectivity index (χ0v) is 10.4. The minimum absolute atomic E-state index is 0.166. The second-order valence-electron chi connectivity index (χ2n) is 3.70. The van der Waals surface area contributed by atoms with Crippen molar-refractivity contribution in [3.63, 3.8) is 0 Å². The molecule has 0 bridgehead atoms. The lowest BCUT2D eigenvalue weighted by atomic mass is 10.2. The van der Waals surface area contributed by atoms with E-state index in [2.05, 4.69) is 10.3 Å². The van der Waals surface area contributed by atoms with Gasteiger partial charge in [-0.2, -0.15) is 0 Å². The quantitative estimate of drug-likeness (QED) is 0.755. The highest BCUT2D eigenvalue weighted by atomic mass is 32.2. The van der Waals surface area contributed by atoms with E-state index in [9.17, 15) is 4.79 Å². The average Bonchev–Trinajstić information content (AvgIpc) is 2.73. The van der Waals surface area contributed by atoms with Crippen molar-refractivity contribution >= 4 is 17.5 Å². The van der Waals surface area contributed by atoms with Gasteiger partial charge in [0.25, 0.3) is 0 Å². The highest BCUT2D eigenvalue weighted by Crippen LogP contribution is 2.17. The van der Waals surface area contributed by atoms with Gasteiger partial charge in [0.05, 0.1) is 17.9 Å². The monoisotopic (exact) mass is 247 g/mol. The largest absolute Gasteiger partial charge is 0.298 e. The maximum absolute atomic E-state index is 11.7. The fourth-order valence-corrected chi connectivity index (χ4v) is 2.19. The third-order valence-corrected chi connectivity index (χ3v) is 3.24. The van der Waals surface area contributed by atoms with Gasteiger partial charge in [-0.3, -0.25) is 9.48 Å². The lowest BCUT2D eigenvalue weighted by Gasteiger charge is -1.99. The van der Waals surface area contributed by atoms with E-state index in [1.54, 1.807) is 29.7 Å². The van der Waals surface area contributed by atoms with Gasteiger partial charge < -0.3 is 0 Å². The Labute approximate surface area is 104 Å². The third kappa shape index (κ3) is 3.71. The Morgan fingerprint density at radius 3 is 2.76 bits per heavy atom. The first-order valence-corrected chi connectivity index (χ1v) is 6.27. The van der Waals surface area contributed by atoms with Crippen LogP contribution in [0.5, 0.6) is 0 Å². The number of ketones is 1. The van der Waals surface area contributed by atoms with E-state index in [0.717, 1.165) is 10.6 Å². The number of nitrogens with zero attached hydrogens (tertiary/aromatic N) is 3. The molecule has 1 aromatic carbocycles. The van der Waals surface area contributed by atoms with Gasteiger partial charge in [-0.1, -0.05) is 23.4 Å². The van der Waals surface area contributed by atoms with Crippen molar-refractivity contribution in [2.75, 3.05) is 5.75 Å². The van der Waals surface area contributed by atoms with Crippen LogP contribution in [0.3, 0.4) is 0 Å². The summed E-state index contributed by atoms with van der Waals surface area (Å²) in [7, 11) is 1.79. The Bertz CT molecular complexity index is 495. The standard InChI is InChI=1S/C12H13N3OS/c1-15-8-10(13-14-15)7-11(16)9-17-12-5-3-2-4-6-12/h2-6,8H,7,9H2,1H3. The summed E-state index contributed by atoms with van der Waals surface area (Å²) >= 11 is 1.55. The summed E-state index contributed by atoms with van der Waals surface area (Å²) < 4.78 is 1.60. The van der Waals surface area contributed by atoms with Crippen LogP contribution in [-0.2, 0) is 18.3 Å². The predicted molar refractivity (Wildman–Crippen MR) is 66.9 cm³/mol. The molecule has 0 aliphatic carbocycles. The molecule has 4 nitrogen and oxygen atoms in total. The second-order valence-corrected chi connectivity index (χ2v) is 4.75. The Morgan fingerprint density at radius 2 is 2.12 bits per heavy atom. The predicted octanol–water partition coefficient (Wildman–Crippen LogP) is 1.72. The minimum atomic E-state index is 0.166. The molecule has 0 amide bonds. The molecule has 1 heterocycles. The molecule has 0 N–H and O–H groups in total. The third-order valence-electron chi connectivity index (χ3n) is 2.17. The molecule has 0 spiro atoms. The molecule has 1 aromatic heterocycles. The normalized spacial score (nSPS) is 10.4. The molecular weight excluding hydrogens is 234 g/mol. The van der Waals surface area contributed by atoms with Crippen LogP contribution >= 0.6 is 11.8 Å². The van der Waals surface area contributed by atoms with Crippen molar-refractivity contribution < 1.29 is 4.79 Å². The molecule has 5 heteroatoms. The Hall–Kier alpha value is -1.62. The zero-order valence-electron chi connectivity index (χ0n) is 9.54. The number of benzene rings is 1. The number of carbonyl (C=O) groups excluding carboxylic acids is 1. The van der Waals surface area contributed by atoms with Crippen molar-refractivity contribution in [3.05, 3.63) is 42.2 Å². The summed E-state index contributed by atoms with van der Waals surface area (Å²) in [5, 5.41) is 7.69. The zero-order chi connectivity index (χ0) is 12.1. The van der Waals surface area contributed by atoms with Crippen LogP contribution in [0, 0.1) is 0 Å². The van der Waals surface area contributed by atoms with E-state index in [1.165, 1.54) is 0 Å². The first kappa shape index (κ1) is 11.9. The molecule has 88 valence electrons. The number of aryl methyl sites for hydroxylation is 1. The van der Waals surface area contributed by atoms with E-state index < -0.39 is 0 Å². The van der Waals surface area contributed by atoms with Crippen molar-refractivity contribution in [2.45, 2.75) is 11.3 Å². The summed E-state index contributed by atoms with van der Waals surface area (Å²) in [5.41, 5.74) is 0.728. The van der Waals surface area contributed by atoms with Crippen molar-refractivity contribution in [3.8, 4) is 0 Å². The summed E-state index contributed by atoms with van der Waals surface area (Å²) in [5.74, 6) is 0.639. The van der Waals surface area contributed by atoms with E-state index in [-0.39, 0.29) is 5.78 Å². The van der Waals surface area contributed by atoms with Gasteiger partial charge in [-0.25, -0.2) is 0 Å². The number of thioether (sulfide) groups is 1. The molecule has 0 aliphatic heterocycles. The number of hydrogen-bond donors (Lipinski definition) is 0. The van der Waals surface area contributed by atoms with Crippen LogP contribution in [0.25, 0.3) is 0 Å². The molecule has 0 fully saturated rings. The minimum Gasteiger partial charge on any atom is -0.298 e. The van der Waals surface area contributed by atoms with Gasteiger partial charge >= 0.3 is 0 Å². The van der Waals surface area contributed by atoms with Crippen molar-refractivity contribution in [1.82, 2.24) is 15.0 Å². The summed E-state index contributed by atoms with van der Waals surface area (Å²) in [6.07, 6.45) is 2.12. The van der Waals surface area contributed by atoms with Gasteiger partial charge in [0.15, 0.2) is 0 Å². The SMILES string of the molecule is Cn1cc(CC(=O)CSc2ccccc2)nn1. The van der Waals surface area contributed by atoms with Gasteiger partial charge in [0, 0.05) is 18.1 Å². The van der Waals surface area contributed by atoms with Gasteiger partial charge in [-0.05, 0) is 12.1 Å². The van der Waals surface area contributed by atoms with Crippen LogP contribution in [0.4, 0.5) is 0 Å². The molecule has 0 unspecified atom stereocenters. The molecule has 0 saturated carbocycles. The molecule has 17 heavy (non-hydrogen) atoms. The molecule has 2 rings (SSSR count). The van der Waals surface area contributed by atoms with E-state index in [0.29, 0.717) is 12.2 Å². The first-order chi connectivity index (χ1) is 8.24. The number of carbonyl (C=O) groups is 1. The Balaban J connectivity index is 1.82. The van der Waals surface area contributed by atoms with E-state index in [1.807, 2.05) is 30.3 Å². The molecular formula is C12H13N3OS. The topological polar surface area (TPSA) is 47.8 Å². The summed E-state index contributed by atoms with van der Waals surface area (Å²) in [6, 6.07) is 9.90. The van der Waals surface area contributed by atoms with E-state index in [4.69, 9.17) is 0 Å². The van der Waals surface area contributed by atoms with Crippen LogP contribution in [0.1, 0.15) is 5.69 Å². The molecule has 0 saturated heterocycles. The lowest BCUT2D eigenvalue weighted by Crippen LogP contribution is -2.05. The van der Waals surface area contributed by atoms with Gasteiger partial charge in [-0.15, -0.1) is 16.9 Å². The maximum Gasteiger partial charge on any atom is 0.149 e. The molecule has 0 radical (unpaired) electrons. The molecule has 2 aromatic rings. The molecule has 0 aliphatic rings.